The number of carbonyl (C=O) groups is 1. The molecule has 0 saturated heterocycles. The van der Waals surface area contributed by atoms with Gasteiger partial charge in [0.2, 0.25) is 0 Å². The molecule has 1 amide bonds. The smallest absolute Gasteiger partial charge is 0.271 e. The maximum atomic E-state index is 12.3. The molecular weight excluding hydrogens is 470 g/mol. The van der Waals surface area contributed by atoms with Crippen LogP contribution < -0.4 is 15.5 Å². The van der Waals surface area contributed by atoms with Crippen molar-refractivity contribution in [2.24, 2.45) is 5.10 Å². The van der Waals surface area contributed by atoms with Gasteiger partial charge in [-0.25, -0.2) is 5.43 Å². The summed E-state index contributed by atoms with van der Waals surface area (Å²) in [5, 5.41) is 21.1. The summed E-state index contributed by atoms with van der Waals surface area (Å²) in [5.74, 6) is 0.300. The van der Waals surface area contributed by atoms with Crippen LogP contribution in [-0.2, 0) is 6.42 Å². The Kier molecular flexibility index (Phi) is 8.14. The Balaban J connectivity index is 1.35. The number of hydrogen-bond donors (Lipinski definition) is 3. The third-order valence-electron chi connectivity index (χ3n) is 5.16. The van der Waals surface area contributed by atoms with Crippen LogP contribution in [0.2, 0.25) is 5.02 Å². The number of benzene rings is 3. The van der Waals surface area contributed by atoms with Gasteiger partial charge in [-0.3, -0.25) is 4.79 Å². The molecule has 0 atom stereocenters. The lowest BCUT2D eigenvalue weighted by Gasteiger charge is -2.11. The highest BCUT2D eigenvalue weighted by Crippen LogP contribution is 2.28. The second-order valence-corrected chi connectivity index (χ2v) is 8.93. The molecule has 0 aliphatic carbocycles. The maximum Gasteiger partial charge on any atom is 0.271 e. The monoisotopic (exact) mass is 493 g/mol. The molecule has 3 aromatic carbocycles. The first-order chi connectivity index (χ1) is 16.6. The van der Waals surface area contributed by atoms with Gasteiger partial charge < -0.3 is 15.2 Å². The zero-order valence-corrected chi connectivity index (χ0v) is 19.9. The average Bonchev–Trinajstić information content (AvgIpc) is 3.37. The number of ether oxygens (including phenoxy) is 1. The minimum Gasteiger partial charge on any atom is -0.506 e. The molecule has 0 aliphatic rings. The molecule has 0 saturated carbocycles. The molecule has 6 nitrogen and oxygen atoms in total. The predicted octanol–water partition coefficient (Wildman–Crippen LogP) is 5.24. The van der Waals surface area contributed by atoms with Crippen LogP contribution in [0.15, 0.2) is 77.2 Å². The molecule has 1 aromatic heterocycles. The van der Waals surface area contributed by atoms with Crippen molar-refractivity contribution in [1.29, 1.82) is 0 Å². The van der Waals surface area contributed by atoms with E-state index >= 15 is 0 Å². The number of hydrogen-bond acceptors (Lipinski definition) is 6. The number of aromatic hydroxyl groups is 1. The Morgan fingerprint density at radius 1 is 1.06 bits per heavy atom. The van der Waals surface area contributed by atoms with Crippen LogP contribution >= 0.6 is 22.9 Å². The Morgan fingerprint density at radius 3 is 2.71 bits per heavy atom. The second-order valence-electron chi connectivity index (χ2n) is 7.49. The molecule has 0 fully saturated rings. The predicted molar refractivity (Wildman–Crippen MR) is 139 cm³/mol. The molecule has 0 radical (unpaired) electrons. The molecule has 1 heterocycles. The maximum absolute atomic E-state index is 12.3. The van der Waals surface area contributed by atoms with Crippen molar-refractivity contribution in [3.8, 4) is 11.5 Å². The average molecular weight is 494 g/mol. The molecule has 174 valence electrons. The molecule has 0 spiro atoms. The number of fused-ring (bicyclic) bond motifs is 1. The van der Waals surface area contributed by atoms with Gasteiger partial charge in [-0.1, -0.05) is 41.9 Å². The van der Waals surface area contributed by atoms with Crippen LogP contribution in [0, 0.1) is 0 Å². The zero-order valence-electron chi connectivity index (χ0n) is 18.3. The number of halogens is 1. The van der Waals surface area contributed by atoms with Gasteiger partial charge in [0.1, 0.15) is 18.1 Å². The summed E-state index contributed by atoms with van der Waals surface area (Å²) in [6, 6.07) is 20.2. The number of amides is 1. The van der Waals surface area contributed by atoms with Crippen LogP contribution in [0.4, 0.5) is 0 Å². The number of phenolic OH excluding ortho intramolecular Hbond substituents is 1. The quantitative estimate of drug-likeness (QED) is 0.160. The van der Waals surface area contributed by atoms with Crippen molar-refractivity contribution in [2.75, 3.05) is 19.7 Å². The van der Waals surface area contributed by atoms with Gasteiger partial charge in [0.05, 0.1) is 11.2 Å². The van der Waals surface area contributed by atoms with Crippen molar-refractivity contribution in [3.63, 3.8) is 0 Å². The Hall–Kier alpha value is -3.39. The lowest BCUT2D eigenvalue weighted by atomic mass is 10.0. The summed E-state index contributed by atoms with van der Waals surface area (Å²) in [6.07, 6.45) is 2.61. The van der Waals surface area contributed by atoms with E-state index in [9.17, 15) is 9.90 Å². The zero-order chi connectivity index (χ0) is 23.8. The SMILES string of the molecule is O=C(N/N=C/c1ccc(OCCNCCc2cccs2)c2ccccc12)c1ccc(O)c(Cl)c1. The number of nitrogens with zero attached hydrogens (tertiary/aromatic N) is 1. The van der Waals surface area contributed by atoms with Crippen molar-refractivity contribution in [2.45, 2.75) is 6.42 Å². The standard InChI is InChI=1S/C26H24ClN3O3S/c27-23-16-18(7-9-24(23)31)26(32)30-29-17-19-8-10-25(22-6-2-1-5-21(19)22)33-14-13-28-12-11-20-4-3-15-34-20/h1-10,15-17,28,31H,11-14H2,(H,30,32)/b29-17+. The van der Waals surface area contributed by atoms with E-state index < -0.39 is 5.91 Å². The fourth-order valence-electron chi connectivity index (χ4n) is 3.43. The van der Waals surface area contributed by atoms with Gasteiger partial charge in [-0.2, -0.15) is 5.10 Å². The summed E-state index contributed by atoms with van der Waals surface area (Å²) in [6.45, 7) is 2.24. The van der Waals surface area contributed by atoms with E-state index in [1.807, 2.05) is 36.4 Å². The largest absolute Gasteiger partial charge is 0.506 e. The first-order valence-electron chi connectivity index (χ1n) is 10.8. The first kappa shape index (κ1) is 23.8. The topological polar surface area (TPSA) is 83.0 Å². The fourth-order valence-corrected chi connectivity index (χ4v) is 4.32. The molecule has 4 aromatic rings. The molecule has 8 heteroatoms. The summed E-state index contributed by atoms with van der Waals surface area (Å²) < 4.78 is 6.03. The first-order valence-corrected chi connectivity index (χ1v) is 12.1. The Morgan fingerprint density at radius 2 is 1.91 bits per heavy atom. The number of thiophene rings is 1. The van der Waals surface area contributed by atoms with E-state index in [0.29, 0.717) is 12.2 Å². The molecule has 0 unspecified atom stereocenters. The van der Waals surface area contributed by atoms with Crippen LogP contribution in [0.3, 0.4) is 0 Å². The Labute approximate surface area is 206 Å². The summed E-state index contributed by atoms with van der Waals surface area (Å²) in [7, 11) is 0. The van der Waals surface area contributed by atoms with Crippen molar-refractivity contribution in [3.05, 3.63) is 93.1 Å². The number of phenols is 1. The van der Waals surface area contributed by atoms with Crippen molar-refractivity contribution >= 4 is 45.8 Å². The number of rotatable bonds is 10. The highest BCUT2D eigenvalue weighted by molar-refractivity contribution is 7.09. The summed E-state index contributed by atoms with van der Waals surface area (Å²) in [5.41, 5.74) is 3.64. The van der Waals surface area contributed by atoms with Gasteiger partial charge in [0.15, 0.2) is 0 Å². The van der Waals surface area contributed by atoms with Gasteiger partial charge in [-0.15, -0.1) is 11.3 Å². The van der Waals surface area contributed by atoms with Crippen molar-refractivity contribution in [1.82, 2.24) is 10.7 Å². The van der Waals surface area contributed by atoms with E-state index in [4.69, 9.17) is 16.3 Å². The molecular formula is C26H24ClN3O3S. The highest BCUT2D eigenvalue weighted by Gasteiger charge is 2.08. The minimum absolute atomic E-state index is 0.0790. The van der Waals surface area contributed by atoms with Gasteiger partial charge in [0, 0.05) is 34.5 Å². The van der Waals surface area contributed by atoms with E-state index in [-0.39, 0.29) is 10.8 Å². The third kappa shape index (κ3) is 6.14. The van der Waals surface area contributed by atoms with Crippen LogP contribution in [0.25, 0.3) is 10.8 Å². The van der Waals surface area contributed by atoms with Gasteiger partial charge in [-0.05, 0) is 53.6 Å². The molecule has 3 N–H and O–H groups in total. The summed E-state index contributed by atoms with van der Waals surface area (Å²) in [4.78, 5) is 13.7. The van der Waals surface area contributed by atoms with E-state index in [0.717, 1.165) is 41.6 Å². The van der Waals surface area contributed by atoms with Gasteiger partial charge >= 0.3 is 0 Å². The number of hydrazone groups is 1. The molecule has 0 aliphatic heterocycles. The van der Waals surface area contributed by atoms with Gasteiger partial charge in [0.25, 0.3) is 5.91 Å². The Bertz CT molecular complexity index is 1290. The van der Waals surface area contributed by atoms with Crippen LogP contribution in [0.1, 0.15) is 20.8 Å². The lowest BCUT2D eigenvalue weighted by Crippen LogP contribution is -2.23. The van der Waals surface area contributed by atoms with E-state index in [2.05, 4.69) is 33.4 Å². The van der Waals surface area contributed by atoms with E-state index in [1.165, 1.54) is 23.1 Å². The fraction of sp³-hybridized carbons (Fsp3) is 0.154. The van der Waals surface area contributed by atoms with Crippen LogP contribution in [0.5, 0.6) is 11.5 Å². The van der Waals surface area contributed by atoms with Crippen molar-refractivity contribution < 1.29 is 14.6 Å². The lowest BCUT2D eigenvalue weighted by molar-refractivity contribution is 0.0955. The minimum atomic E-state index is -0.422. The molecule has 34 heavy (non-hydrogen) atoms. The second kappa shape index (κ2) is 11.7. The highest BCUT2D eigenvalue weighted by atomic mass is 35.5. The number of carbonyl (C=O) groups excluding carboxylic acids is 1. The molecule has 4 rings (SSSR count). The number of nitrogens with one attached hydrogen (secondary N) is 2. The summed E-state index contributed by atoms with van der Waals surface area (Å²) >= 11 is 7.64. The normalized spacial score (nSPS) is 11.2. The van der Waals surface area contributed by atoms with E-state index in [1.54, 1.807) is 17.6 Å². The molecule has 0 bridgehead atoms. The third-order valence-corrected chi connectivity index (χ3v) is 6.40. The van der Waals surface area contributed by atoms with Crippen LogP contribution in [-0.4, -0.2) is 36.9 Å².